The number of aliphatic hydroxyl groups is 1. The fraction of sp³-hybridized carbons (Fsp3) is 0.571. The Morgan fingerprint density at radius 3 is 2.62 bits per heavy atom. The molecule has 1 aliphatic carbocycles. The summed E-state index contributed by atoms with van der Waals surface area (Å²) in [7, 11) is -3.72. The van der Waals surface area contributed by atoms with Crippen LogP contribution in [0.1, 0.15) is 31.2 Å². The van der Waals surface area contributed by atoms with Crippen LogP contribution in [0.25, 0.3) is 0 Å². The molecule has 118 valence electrons. The van der Waals surface area contributed by atoms with Gasteiger partial charge in [0, 0.05) is 18.2 Å². The van der Waals surface area contributed by atoms with E-state index in [0.29, 0.717) is 12.5 Å². The number of sulfonamides is 1. The first-order valence-corrected chi connectivity index (χ1v) is 8.62. The fourth-order valence-corrected chi connectivity index (χ4v) is 3.77. The molecule has 1 aromatic carbocycles. The molecule has 1 fully saturated rings. The molecule has 0 spiro atoms. The molecule has 0 aliphatic heterocycles. The number of benzene rings is 1. The average molecular weight is 319 g/mol. The van der Waals surface area contributed by atoms with Crippen molar-refractivity contribution in [2.75, 3.05) is 6.54 Å². The first-order valence-electron chi connectivity index (χ1n) is 6.97. The zero-order chi connectivity index (χ0) is 15.5. The predicted molar refractivity (Wildman–Crippen MR) is 74.9 cm³/mol. The van der Waals surface area contributed by atoms with Crippen molar-refractivity contribution in [1.82, 2.24) is 4.72 Å². The van der Waals surface area contributed by atoms with Crippen LogP contribution >= 0.6 is 0 Å². The van der Waals surface area contributed by atoms with Crippen molar-refractivity contribution < 1.29 is 22.3 Å². The van der Waals surface area contributed by atoms with E-state index in [1.165, 1.54) is 0 Å². The van der Waals surface area contributed by atoms with Gasteiger partial charge in [0.1, 0.15) is 11.6 Å². The van der Waals surface area contributed by atoms with Gasteiger partial charge in [-0.25, -0.2) is 21.9 Å². The van der Waals surface area contributed by atoms with E-state index in [4.69, 9.17) is 0 Å². The van der Waals surface area contributed by atoms with E-state index < -0.39 is 33.5 Å². The second-order valence-electron chi connectivity index (χ2n) is 5.46. The van der Waals surface area contributed by atoms with E-state index in [9.17, 15) is 22.3 Å². The predicted octanol–water partition coefficient (Wildman–Crippen LogP) is 1.94. The number of hydrogen-bond acceptors (Lipinski definition) is 3. The van der Waals surface area contributed by atoms with E-state index in [2.05, 4.69) is 4.72 Å². The molecule has 2 atom stereocenters. The van der Waals surface area contributed by atoms with Gasteiger partial charge in [-0.15, -0.1) is 0 Å². The lowest BCUT2D eigenvalue weighted by atomic mass is 9.87. The zero-order valence-electron chi connectivity index (χ0n) is 11.6. The number of aliphatic hydroxyl groups excluding tert-OH is 1. The Bertz CT molecular complexity index is 592. The second kappa shape index (κ2) is 6.81. The lowest BCUT2D eigenvalue weighted by Crippen LogP contribution is -2.37. The lowest BCUT2D eigenvalue weighted by molar-refractivity contribution is 0.0724. The summed E-state index contributed by atoms with van der Waals surface area (Å²) in [5.74, 6) is -2.27. The van der Waals surface area contributed by atoms with Crippen LogP contribution in [0, 0.1) is 17.6 Å². The molecule has 1 saturated carbocycles. The van der Waals surface area contributed by atoms with E-state index in [1.807, 2.05) is 0 Å². The summed E-state index contributed by atoms with van der Waals surface area (Å²) in [5.41, 5.74) is -0.0758. The van der Waals surface area contributed by atoms with E-state index >= 15 is 0 Å². The van der Waals surface area contributed by atoms with Gasteiger partial charge in [-0.3, -0.25) is 0 Å². The van der Waals surface area contributed by atoms with Crippen molar-refractivity contribution in [3.63, 3.8) is 0 Å². The van der Waals surface area contributed by atoms with Gasteiger partial charge in [0.05, 0.1) is 11.9 Å². The number of hydrogen-bond donors (Lipinski definition) is 2. The van der Waals surface area contributed by atoms with Gasteiger partial charge in [0.15, 0.2) is 0 Å². The summed E-state index contributed by atoms with van der Waals surface area (Å²) in [5, 5.41) is 9.79. The molecule has 2 rings (SSSR count). The van der Waals surface area contributed by atoms with Crippen molar-refractivity contribution in [3.05, 3.63) is 35.4 Å². The summed E-state index contributed by atoms with van der Waals surface area (Å²) >= 11 is 0. The molecule has 0 bridgehead atoms. The summed E-state index contributed by atoms with van der Waals surface area (Å²) in [6.45, 7) is 0.145. The SMILES string of the molecule is O=S(=O)(Cc1ccc(F)cc1F)NCC1CCCCC1O. The van der Waals surface area contributed by atoms with E-state index in [-0.39, 0.29) is 18.0 Å². The highest BCUT2D eigenvalue weighted by atomic mass is 32.2. The molecule has 0 aromatic heterocycles. The minimum Gasteiger partial charge on any atom is -0.393 e. The third-order valence-electron chi connectivity index (χ3n) is 3.80. The van der Waals surface area contributed by atoms with Crippen LogP contribution < -0.4 is 4.72 Å². The minimum atomic E-state index is -3.72. The molecule has 2 unspecified atom stereocenters. The lowest BCUT2D eigenvalue weighted by Gasteiger charge is -2.27. The van der Waals surface area contributed by atoms with E-state index in [1.54, 1.807) is 0 Å². The van der Waals surface area contributed by atoms with Gasteiger partial charge in [0.2, 0.25) is 10.0 Å². The second-order valence-corrected chi connectivity index (χ2v) is 7.26. The Morgan fingerprint density at radius 2 is 1.95 bits per heavy atom. The highest BCUT2D eigenvalue weighted by Gasteiger charge is 2.25. The molecular formula is C14H19F2NO3S. The van der Waals surface area contributed by atoms with Crippen LogP contribution in [0.4, 0.5) is 8.78 Å². The molecule has 0 amide bonds. The van der Waals surface area contributed by atoms with Crippen molar-refractivity contribution >= 4 is 10.0 Å². The van der Waals surface area contributed by atoms with Crippen molar-refractivity contribution in [1.29, 1.82) is 0 Å². The zero-order valence-corrected chi connectivity index (χ0v) is 12.4. The maximum Gasteiger partial charge on any atom is 0.215 e. The molecular weight excluding hydrogens is 300 g/mol. The van der Waals surface area contributed by atoms with Crippen LogP contribution in [0.5, 0.6) is 0 Å². The molecule has 1 aliphatic rings. The molecule has 2 N–H and O–H groups in total. The Morgan fingerprint density at radius 1 is 1.24 bits per heavy atom. The molecule has 0 heterocycles. The fourth-order valence-electron chi connectivity index (χ4n) is 2.55. The van der Waals surface area contributed by atoms with Crippen LogP contribution in [-0.4, -0.2) is 26.2 Å². The van der Waals surface area contributed by atoms with Gasteiger partial charge in [-0.05, 0) is 24.8 Å². The highest BCUT2D eigenvalue weighted by molar-refractivity contribution is 7.88. The van der Waals surface area contributed by atoms with Gasteiger partial charge >= 0.3 is 0 Å². The summed E-state index contributed by atoms with van der Waals surface area (Å²) in [6.07, 6.45) is 2.87. The van der Waals surface area contributed by atoms with Crippen LogP contribution in [0.3, 0.4) is 0 Å². The van der Waals surface area contributed by atoms with Crippen molar-refractivity contribution in [3.8, 4) is 0 Å². The van der Waals surface area contributed by atoms with E-state index in [0.717, 1.165) is 31.4 Å². The number of nitrogens with one attached hydrogen (secondary N) is 1. The first-order chi connectivity index (χ1) is 9.87. The van der Waals surface area contributed by atoms with Crippen molar-refractivity contribution in [2.45, 2.75) is 37.5 Å². The molecule has 0 radical (unpaired) electrons. The third-order valence-corrected chi connectivity index (χ3v) is 5.09. The minimum absolute atomic E-state index is 0.0758. The maximum atomic E-state index is 13.5. The van der Waals surface area contributed by atoms with Gasteiger partial charge < -0.3 is 5.11 Å². The molecule has 21 heavy (non-hydrogen) atoms. The van der Waals surface area contributed by atoms with Crippen LogP contribution in [-0.2, 0) is 15.8 Å². The maximum absolute atomic E-state index is 13.5. The Hall–Kier alpha value is -1.05. The van der Waals surface area contributed by atoms with Crippen molar-refractivity contribution in [2.24, 2.45) is 5.92 Å². The molecule has 1 aromatic rings. The standard InChI is InChI=1S/C14H19F2NO3S/c15-12-6-5-11(13(16)7-12)9-21(19,20)17-8-10-3-1-2-4-14(10)18/h5-7,10,14,17-18H,1-4,8-9H2. The third kappa shape index (κ3) is 4.72. The Kier molecular flexibility index (Phi) is 5.29. The molecule has 7 heteroatoms. The Balaban J connectivity index is 1.95. The number of rotatable bonds is 5. The largest absolute Gasteiger partial charge is 0.393 e. The summed E-state index contributed by atoms with van der Waals surface area (Å²) in [4.78, 5) is 0. The smallest absolute Gasteiger partial charge is 0.215 e. The quantitative estimate of drug-likeness (QED) is 0.871. The first kappa shape index (κ1) is 16.3. The monoisotopic (exact) mass is 319 g/mol. The average Bonchev–Trinajstić information content (AvgIpc) is 2.41. The molecule has 0 saturated heterocycles. The Labute approximate surface area is 123 Å². The van der Waals surface area contributed by atoms with Crippen LogP contribution in [0.2, 0.25) is 0 Å². The van der Waals surface area contributed by atoms with Gasteiger partial charge in [-0.2, -0.15) is 0 Å². The van der Waals surface area contributed by atoms with Crippen LogP contribution in [0.15, 0.2) is 18.2 Å². The highest BCUT2D eigenvalue weighted by Crippen LogP contribution is 2.24. The normalized spacial score (nSPS) is 23.2. The van der Waals surface area contributed by atoms with Gasteiger partial charge in [0.25, 0.3) is 0 Å². The topological polar surface area (TPSA) is 66.4 Å². The molecule has 4 nitrogen and oxygen atoms in total. The summed E-state index contributed by atoms with van der Waals surface area (Å²) in [6, 6.07) is 2.81. The van der Waals surface area contributed by atoms with Gasteiger partial charge in [-0.1, -0.05) is 18.9 Å². The summed E-state index contributed by atoms with van der Waals surface area (Å²) < 4.78 is 52.5. The number of halogens is 2.